The number of aryl methyl sites for hydroxylation is 1. The number of nitrogens with one attached hydrogen (secondary N) is 1. The molecule has 3 aromatic rings. The first-order chi connectivity index (χ1) is 12.2. The van der Waals surface area contributed by atoms with Crippen LogP contribution >= 0.6 is 12.2 Å². The molecule has 0 aliphatic heterocycles. The minimum atomic E-state index is 0.443. The van der Waals surface area contributed by atoms with E-state index in [9.17, 15) is 0 Å². The molecule has 0 unspecified atom stereocenters. The van der Waals surface area contributed by atoms with Crippen LogP contribution in [0.5, 0.6) is 5.75 Å². The Labute approximate surface area is 151 Å². The van der Waals surface area contributed by atoms with Crippen LogP contribution in [0.2, 0.25) is 0 Å². The maximum atomic E-state index is 5.32. The van der Waals surface area contributed by atoms with Crippen molar-refractivity contribution < 1.29 is 4.74 Å². The Hall–Kier alpha value is -2.99. The number of benzene rings is 2. The van der Waals surface area contributed by atoms with Crippen LogP contribution in [0.3, 0.4) is 0 Å². The van der Waals surface area contributed by atoms with Crippen LogP contribution in [0.25, 0.3) is 17.5 Å². The van der Waals surface area contributed by atoms with Crippen LogP contribution in [-0.4, -0.2) is 28.2 Å². The third-order valence-corrected chi connectivity index (χ3v) is 3.87. The van der Waals surface area contributed by atoms with E-state index in [4.69, 9.17) is 17.0 Å². The predicted molar refractivity (Wildman–Crippen MR) is 104 cm³/mol. The first-order valence-corrected chi connectivity index (χ1v) is 8.18. The van der Waals surface area contributed by atoms with Crippen molar-refractivity contribution in [2.24, 2.45) is 5.10 Å². The monoisotopic (exact) mass is 350 g/mol. The van der Waals surface area contributed by atoms with Crippen molar-refractivity contribution in [1.29, 1.82) is 0 Å². The summed E-state index contributed by atoms with van der Waals surface area (Å²) in [6.07, 6.45) is 5.45. The number of allylic oxidation sites excluding steroid dienone is 1. The van der Waals surface area contributed by atoms with Crippen molar-refractivity contribution in [3.05, 3.63) is 70.5 Å². The van der Waals surface area contributed by atoms with E-state index in [0.29, 0.717) is 10.6 Å². The molecule has 2 aromatic carbocycles. The Morgan fingerprint density at radius 3 is 2.84 bits per heavy atom. The lowest BCUT2D eigenvalue weighted by Gasteiger charge is -2.02. The highest BCUT2D eigenvalue weighted by Gasteiger charge is 2.07. The molecule has 3 rings (SSSR count). The summed E-state index contributed by atoms with van der Waals surface area (Å²) < 4.78 is 7.37. The van der Waals surface area contributed by atoms with Crippen molar-refractivity contribution in [3.63, 3.8) is 0 Å². The van der Waals surface area contributed by atoms with Crippen LogP contribution in [0, 0.1) is 11.7 Å². The van der Waals surface area contributed by atoms with Gasteiger partial charge in [-0.1, -0.05) is 42.0 Å². The number of nitrogens with zero attached hydrogens (tertiary/aromatic N) is 3. The van der Waals surface area contributed by atoms with Gasteiger partial charge in [0.25, 0.3) is 0 Å². The Morgan fingerprint density at radius 1 is 1.20 bits per heavy atom. The van der Waals surface area contributed by atoms with Crippen molar-refractivity contribution >= 4 is 24.5 Å². The smallest absolute Gasteiger partial charge is 0.216 e. The summed E-state index contributed by atoms with van der Waals surface area (Å²) >= 11 is 5.28. The van der Waals surface area contributed by atoms with Gasteiger partial charge in [-0.2, -0.15) is 14.9 Å². The molecule has 0 aliphatic carbocycles. The fraction of sp³-hybridized carbons (Fsp3) is 0.105. The van der Waals surface area contributed by atoms with E-state index in [1.807, 2.05) is 67.6 Å². The van der Waals surface area contributed by atoms with Gasteiger partial charge in [0.15, 0.2) is 5.82 Å². The minimum absolute atomic E-state index is 0.443. The molecule has 0 fully saturated rings. The standard InChI is InChI=1S/C19H18N4OS/c1-14-7-5-9-16(13-14)18-21-22-19(25)23(18)20-12-6-10-15-8-3-4-11-17(15)24-2/h3-13H,1-2H3,(H,22,25)/b10-6?,20-12-. The predicted octanol–water partition coefficient (Wildman–Crippen LogP) is 4.47. The van der Waals surface area contributed by atoms with Crippen LogP contribution < -0.4 is 4.74 Å². The number of ether oxygens (including phenoxy) is 1. The molecule has 0 aliphatic rings. The second-order valence-electron chi connectivity index (χ2n) is 5.40. The fourth-order valence-electron chi connectivity index (χ4n) is 2.43. The molecule has 126 valence electrons. The number of para-hydroxylation sites is 1. The second-order valence-corrected chi connectivity index (χ2v) is 5.79. The molecule has 0 atom stereocenters. The van der Waals surface area contributed by atoms with Crippen molar-refractivity contribution in [2.45, 2.75) is 6.92 Å². The topological polar surface area (TPSA) is 55.2 Å². The van der Waals surface area contributed by atoms with E-state index in [1.54, 1.807) is 18.0 Å². The van der Waals surface area contributed by atoms with Gasteiger partial charge in [-0.3, -0.25) is 0 Å². The molecule has 0 radical (unpaired) electrons. The average molecular weight is 350 g/mol. The molecule has 0 saturated carbocycles. The van der Waals surface area contributed by atoms with Gasteiger partial charge < -0.3 is 4.74 Å². The number of hydrogen-bond acceptors (Lipinski definition) is 4. The van der Waals surface area contributed by atoms with E-state index in [2.05, 4.69) is 15.3 Å². The summed E-state index contributed by atoms with van der Waals surface area (Å²) in [7, 11) is 1.65. The molecule has 0 amide bonds. The molecule has 1 heterocycles. The minimum Gasteiger partial charge on any atom is -0.496 e. The summed E-state index contributed by atoms with van der Waals surface area (Å²) in [5.74, 6) is 1.49. The molecule has 1 N–H and O–H groups in total. The largest absolute Gasteiger partial charge is 0.496 e. The van der Waals surface area contributed by atoms with Gasteiger partial charge in [0.2, 0.25) is 4.77 Å². The molecular weight excluding hydrogens is 332 g/mol. The molecule has 0 saturated heterocycles. The van der Waals surface area contributed by atoms with Gasteiger partial charge in [0.1, 0.15) is 5.75 Å². The zero-order valence-electron chi connectivity index (χ0n) is 14.0. The van der Waals surface area contributed by atoms with Crippen LogP contribution in [0.15, 0.2) is 59.7 Å². The summed E-state index contributed by atoms with van der Waals surface area (Å²) in [6, 6.07) is 15.8. The van der Waals surface area contributed by atoms with Gasteiger partial charge >= 0.3 is 0 Å². The lowest BCUT2D eigenvalue weighted by Crippen LogP contribution is -1.94. The normalized spacial score (nSPS) is 11.4. The molecule has 6 heteroatoms. The second kappa shape index (κ2) is 7.72. The lowest BCUT2D eigenvalue weighted by atomic mass is 10.1. The Balaban J connectivity index is 1.86. The summed E-state index contributed by atoms with van der Waals surface area (Å²) in [4.78, 5) is 0. The van der Waals surface area contributed by atoms with Gasteiger partial charge in [-0.15, -0.1) is 0 Å². The Bertz CT molecular complexity index is 985. The van der Waals surface area contributed by atoms with E-state index < -0.39 is 0 Å². The highest BCUT2D eigenvalue weighted by Crippen LogP contribution is 2.19. The maximum absolute atomic E-state index is 5.32. The zero-order valence-corrected chi connectivity index (χ0v) is 14.8. The number of hydrogen-bond donors (Lipinski definition) is 1. The number of methoxy groups -OCH3 is 1. The lowest BCUT2D eigenvalue weighted by molar-refractivity contribution is 0.414. The fourth-order valence-corrected chi connectivity index (χ4v) is 2.61. The van der Waals surface area contributed by atoms with Crippen LogP contribution in [0.4, 0.5) is 0 Å². The molecule has 5 nitrogen and oxygen atoms in total. The van der Waals surface area contributed by atoms with Crippen molar-refractivity contribution in [2.75, 3.05) is 7.11 Å². The summed E-state index contributed by atoms with van der Waals surface area (Å²) in [6.45, 7) is 2.04. The number of rotatable bonds is 5. The van der Waals surface area contributed by atoms with Gasteiger partial charge in [-0.25, -0.2) is 5.10 Å². The quantitative estimate of drug-likeness (QED) is 0.545. The molecule has 0 spiro atoms. The Morgan fingerprint density at radius 2 is 2.04 bits per heavy atom. The highest BCUT2D eigenvalue weighted by molar-refractivity contribution is 7.71. The maximum Gasteiger partial charge on any atom is 0.216 e. The summed E-state index contributed by atoms with van der Waals surface area (Å²) in [5.41, 5.74) is 3.09. The van der Waals surface area contributed by atoms with Gasteiger partial charge in [-0.05, 0) is 43.4 Å². The average Bonchev–Trinajstić information content (AvgIpc) is 3.00. The van der Waals surface area contributed by atoms with Gasteiger partial charge in [0, 0.05) is 17.3 Å². The van der Waals surface area contributed by atoms with E-state index in [1.165, 1.54) is 0 Å². The van der Waals surface area contributed by atoms with E-state index in [-0.39, 0.29) is 0 Å². The highest BCUT2D eigenvalue weighted by atomic mass is 32.1. The van der Waals surface area contributed by atoms with Gasteiger partial charge in [0.05, 0.1) is 7.11 Å². The number of aromatic amines is 1. The SMILES string of the molecule is COc1ccccc1C=C/C=N\n1c(-c2cccc(C)c2)n[nH]c1=S. The third kappa shape index (κ3) is 3.92. The van der Waals surface area contributed by atoms with Crippen molar-refractivity contribution in [3.8, 4) is 17.1 Å². The van der Waals surface area contributed by atoms with Crippen LogP contribution in [0.1, 0.15) is 11.1 Å². The molecule has 0 bridgehead atoms. The van der Waals surface area contributed by atoms with Crippen molar-refractivity contribution in [1.82, 2.24) is 14.9 Å². The van der Waals surface area contributed by atoms with Crippen LogP contribution in [-0.2, 0) is 0 Å². The van der Waals surface area contributed by atoms with E-state index in [0.717, 1.165) is 22.4 Å². The first-order valence-electron chi connectivity index (χ1n) is 7.77. The number of H-pyrrole nitrogens is 1. The third-order valence-electron chi connectivity index (χ3n) is 3.61. The first kappa shape index (κ1) is 16.9. The molecule has 25 heavy (non-hydrogen) atoms. The molecule has 1 aromatic heterocycles. The number of aromatic nitrogens is 3. The zero-order chi connectivity index (χ0) is 17.6. The summed E-state index contributed by atoms with van der Waals surface area (Å²) in [5, 5.41) is 11.5. The molecular formula is C19H18N4OS. The van der Waals surface area contributed by atoms with E-state index >= 15 is 0 Å². The Kier molecular flexibility index (Phi) is 5.20.